The first-order valence-corrected chi connectivity index (χ1v) is 7.46. The van der Waals surface area contributed by atoms with E-state index in [1.54, 1.807) is 0 Å². The van der Waals surface area contributed by atoms with Gasteiger partial charge in [0.2, 0.25) is 5.91 Å². The monoisotopic (exact) mass is 275 g/mol. The Morgan fingerprint density at radius 1 is 1.30 bits per heavy atom. The Morgan fingerprint density at radius 2 is 1.95 bits per heavy atom. The fourth-order valence-electron chi connectivity index (χ4n) is 2.62. The third-order valence-corrected chi connectivity index (χ3v) is 3.69. The van der Waals surface area contributed by atoms with Crippen molar-refractivity contribution in [3.63, 3.8) is 0 Å². The number of rotatable bonds is 6. The lowest BCUT2D eigenvalue weighted by molar-refractivity contribution is -0.121. The van der Waals surface area contributed by atoms with Crippen molar-refractivity contribution in [3.05, 3.63) is 35.4 Å². The van der Waals surface area contributed by atoms with E-state index in [0.29, 0.717) is 13.0 Å². The highest BCUT2D eigenvalue weighted by Gasteiger charge is 2.13. The maximum Gasteiger partial charge on any atom is 0.221 e. The molecule has 1 aromatic rings. The molecule has 1 aliphatic heterocycles. The Hall–Kier alpha value is -1.39. The summed E-state index contributed by atoms with van der Waals surface area (Å²) in [5.41, 5.74) is 8.15. The molecule has 0 saturated carbocycles. The third kappa shape index (κ3) is 4.62. The molecule has 1 heterocycles. The number of carbonyl (C=O) groups excluding carboxylic acids is 1. The lowest BCUT2D eigenvalue weighted by Crippen LogP contribution is -2.30. The van der Waals surface area contributed by atoms with E-state index < -0.39 is 0 Å². The van der Waals surface area contributed by atoms with Crippen LogP contribution >= 0.6 is 0 Å². The van der Waals surface area contributed by atoms with Gasteiger partial charge in [-0.25, -0.2) is 0 Å². The molecule has 1 atom stereocenters. The Labute approximate surface area is 121 Å². The van der Waals surface area contributed by atoms with Crippen molar-refractivity contribution >= 4 is 5.91 Å². The van der Waals surface area contributed by atoms with Gasteiger partial charge in [0.25, 0.3) is 0 Å². The first-order valence-electron chi connectivity index (χ1n) is 7.46. The smallest absolute Gasteiger partial charge is 0.221 e. The Balaban J connectivity index is 1.91. The van der Waals surface area contributed by atoms with Crippen LogP contribution in [-0.4, -0.2) is 29.9 Å². The van der Waals surface area contributed by atoms with Gasteiger partial charge < -0.3 is 11.1 Å². The summed E-state index contributed by atoms with van der Waals surface area (Å²) in [5, 5.41) is 2.96. The van der Waals surface area contributed by atoms with Crippen molar-refractivity contribution in [1.82, 2.24) is 10.2 Å². The predicted molar refractivity (Wildman–Crippen MR) is 81.1 cm³/mol. The molecule has 0 aliphatic carbocycles. The molecule has 2 rings (SSSR count). The number of hydrogen-bond acceptors (Lipinski definition) is 3. The van der Waals surface area contributed by atoms with Crippen LogP contribution in [0.3, 0.4) is 0 Å². The van der Waals surface area contributed by atoms with Crippen molar-refractivity contribution in [1.29, 1.82) is 0 Å². The van der Waals surface area contributed by atoms with Crippen molar-refractivity contribution in [2.45, 2.75) is 45.3 Å². The van der Waals surface area contributed by atoms with E-state index in [1.165, 1.54) is 37.1 Å². The number of hydrogen-bond donors (Lipinski definition) is 2. The predicted octanol–water partition coefficient (Wildman–Crippen LogP) is 1.64. The molecule has 0 spiro atoms. The van der Waals surface area contributed by atoms with E-state index in [9.17, 15) is 4.79 Å². The zero-order chi connectivity index (χ0) is 14.4. The van der Waals surface area contributed by atoms with E-state index >= 15 is 0 Å². The summed E-state index contributed by atoms with van der Waals surface area (Å²) in [6, 6.07) is 8.26. The van der Waals surface area contributed by atoms with Crippen LogP contribution in [-0.2, 0) is 17.9 Å². The second-order valence-electron chi connectivity index (χ2n) is 5.71. The van der Waals surface area contributed by atoms with E-state index in [0.717, 1.165) is 6.54 Å². The highest BCUT2D eigenvalue weighted by atomic mass is 16.1. The van der Waals surface area contributed by atoms with Gasteiger partial charge in [-0.15, -0.1) is 0 Å². The Bertz CT molecular complexity index is 439. The van der Waals surface area contributed by atoms with Gasteiger partial charge >= 0.3 is 0 Å². The molecule has 110 valence electrons. The second kappa shape index (κ2) is 7.41. The minimum atomic E-state index is -0.0881. The first-order chi connectivity index (χ1) is 9.65. The number of amides is 1. The number of nitrogens with two attached hydrogens (primary N) is 1. The molecule has 1 saturated heterocycles. The zero-order valence-corrected chi connectivity index (χ0v) is 12.3. The van der Waals surface area contributed by atoms with Crippen molar-refractivity contribution in [2.75, 3.05) is 13.1 Å². The molecule has 1 unspecified atom stereocenters. The summed E-state index contributed by atoms with van der Waals surface area (Å²) in [7, 11) is 0. The molecule has 0 aromatic heterocycles. The third-order valence-electron chi connectivity index (χ3n) is 3.69. The summed E-state index contributed by atoms with van der Waals surface area (Å²) < 4.78 is 0. The molecule has 4 heteroatoms. The van der Waals surface area contributed by atoms with E-state index in [-0.39, 0.29) is 11.9 Å². The molecular weight excluding hydrogens is 250 g/mol. The molecule has 1 fully saturated rings. The van der Waals surface area contributed by atoms with E-state index in [2.05, 4.69) is 28.4 Å². The molecular formula is C16H25N3O. The van der Waals surface area contributed by atoms with Crippen LogP contribution < -0.4 is 11.1 Å². The summed E-state index contributed by atoms with van der Waals surface area (Å²) in [6.07, 6.45) is 2.98. The number of likely N-dealkylation sites (tertiary alicyclic amines) is 1. The van der Waals surface area contributed by atoms with Crippen LogP contribution in [0.15, 0.2) is 24.3 Å². The highest BCUT2D eigenvalue weighted by Crippen LogP contribution is 2.16. The fraction of sp³-hybridized carbons (Fsp3) is 0.562. The molecule has 4 nitrogen and oxygen atoms in total. The fourth-order valence-corrected chi connectivity index (χ4v) is 2.62. The van der Waals surface area contributed by atoms with Crippen molar-refractivity contribution in [2.24, 2.45) is 5.73 Å². The molecule has 0 radical (unpaired) electrons. The Kier molecular flexibility index (Phi) is 5.56. The summed E-state index contributed by atoms with van der Waals surface area (Å²) >= 11 is 0. The van der Waals surface area contributed by atoms with Gasteiger partial charge in [-0.3, -0.25) is 9.69 Å². The lowest BCUT2D eigenvalue weighted by Gasteiger charge is -2.18. The number of carbonyl (C=O) groups is 1. The van der Waals surface area contributed by atoms with Crippen LogP contribution in [0.2, 0.25) is 0 Å². The van der Waals surface area contributed by atoms with E-state index in [4.69, 9.17) is 5.73 Å². The standard InChI is InChI=1S/C16H25N3O/c1-13(17)10-16(20)18-11-14-6-2-3-7-15(14)12-19-8-4-5-9-19/h2-3,6-7,13H,4-5,8-12,17H2,1H3,(H,18,20). The summed E-state index contributed by atoms with van der Waals surface area (Å²) in [6.45, 7) is 5.80. The van der Waals surface area contributed by atoms with Crippen LogP contribution in [0.25, 0.3) is 0 Å². The number of benzene rings is 1. The summed E-state index contributed by atoms with van der Waals surface area (Å²) in [5.74, 6) is 0.0241. The zero-order valence-electron chi connectivity index (χ0n) is 12.3. The molecule has 0 bridgehead atoms. The van der Waals surface area contributed by atoms with Gasteiger partial charge in [-0.1, -0.05) is 24.3 Å². The minimum absolute atomic E-state index is 0.0241. The molecule has 20 heavy (non-hydrogen) atoms. The summed E-state index contributed by atoms with van der Waals surface area (Å²) in [4.78, 5) is 14.2. The van der Waals surface area contributed by atoms with E-state index in [1.807, 2.05) is 13.0 Å². The normalized spacial score (nSPS) is 17.1. The second-order valence-corrected chi connectivity index (χ2v) is 5.71. The highest BCUT2D eigenvalue weighted by molar-refractivity contribution is 5.76. The van der Waals surface area contributed by atoms with Gasteiger partial charge in [0.15, 0.2) is 0 Å². The number of nitrogens with one attached hydrogen (secondary N) is 1. The van der Waals surface area contributed by atoms with Gasteiger partial charge in [0, 0.05) is 25.6 Å². The first kappa shape index (κ1) is 15.0. The van der Waals surface area contributed by atoms with Crippen LogP contribution in [0, 0.1) is 0 Å². The number of nitrogens with zero attached hydrogens (tertiary/aromatic N) is 1. The topological polar surface area (TPSA) is 58.4 Å². The van der Waals surface area contributed by atoms with Crippen molar-refractivity contribution < 1.29 is 4.79 Å². The molecule has 1 aromatic carbocycles. The maximum atomic E-state index is 11.7. The van der Waals surface area contributed by atoms with Crippen LogP contribution in [0.1, 0.15) is 37.3 Å². The average molecular weight is 275 g/mol. The average Bonchev–Trinajstić information content (AvgIpc) is 2.90. The quantitative estimate of drug-likeness (QED) is 0.829. The SMILES string of the molecule is CC(N)CC(=O)NCc1ccccc1CN1CCCC1. The van der Waals surface area contributed by atoms with Gasteiger partial charge in [-0.2, -0.15) is 0 Å². The maximum absolute atomic E-state index is 11.7. The van der Waals surface area contributed by atoms with Crippen LogP contribution in [0.4, 0.5) is 0 Å². The van der Waals surface area contributed by atoms with Crippen LogP contribution in [0.5, 0.6) is 0 Å². The lowest BCUT2D eigenvalue weighted by atomic mass is 10.1. The van der Waals surface area contributed by atoms with Gasteiger partial charge in [0.05, 0.1) is 0 Å². The molecule has 1 amide bonds. The minimum Gasteiger partial charge on any atom is -0.352 e. The van der Waals surface area contributed by atoms with Gasteiger partial charge in [0.1, 0.15) is 0 Å². The molecule has 1 aliphatic rings. The molecule has 3 N–H and O–H groups in total. The Morgan fingerprint density at radius 3 is 2.60 bits per heavy atom. The largest absolute Gasteiger partial charge is 0.352 e. The van der Waals surface area contributed by atoms with Crippen molar-refractivity contribution in [3.8, 4) is 0 Å². The van der Waals surface area contributed by atoms with Gasteiger partial charge in [-0.05, 0) is 44.0 Å².